The third kappa shape index (κ3) is 8.17. The topological polar surface area (TPSA) is 106 Å². The van der Waals surface area contributed by atoms with Crippen molar-refractivity contribution >= 4 is 68.8 Å². The van der Waals surface area contributed by atoms with Crippen LogP contribution in [0.3, 0.4) is 0 Å². The molecule has 0 radical (unpaired) electrons. The number of carbonyl (C=O) groups excluding carboxylic acids is 3. The zero-order valence-electron chi connectivity index (χ0n) is 21.5. The number of anilines is 1. The second kappa shape index (κ2) is 13.9. The Morgan fingerprint density at radius 1 is 0.878 bits per heavy atom. The molecule has 0 aromatic heterocycles. The number of nitrogens with zero attached hydrogens (tertiary/aromatic N) is 1. The molecule has 0 saturated carbocycles. The molecule has 0 fully saturated rings. The van der Waals surface area contributed by atoms with Gasteiger partial charge in [-0.25, -0.2) is 10.2 Å². The summed E-state index contributed by atoms with van der Waals surface area (Å²) in [6.45, 7) is 2.15. The highest BCUT2D eigenvalue weighted by molar-refractivity contribution is 9.10. The van der Waals surface area contributed by atoms with Crippen molar-refractivity contribution in [1.82, 2.24) is 5.43 Å². The van der Waals surface area contributed by atoms with E-state index in [1.165, 1.54) is 24.4 Å². The molecule has 4 aromatic rings. The first-order valence-corrected chi connectivity index (χ1v) is 13.7. The second-order valence-corrected chi connectivity index (χ2v) is 10.2. The van der Waals surface area contributed by atoms with Gasteiger partial charge >= 0.3 is 5.97 Å². The SMILES string of the molecule is CCOc1cc(C=NNC(=O)c2cccc(NC(=O)c3ccc(Cl)cc3Cl)c2)ccc1OC(=O)c1ccc(Br)cc1. The van der Waals surface area contributed by atoms with Gasteiger partial charge in [0.25, 0.3) is 11.8 Å². The largest absolute Gasteiger partial charge is 0.490 e. The van der Waals surface area contributed by atoms with Gasteiger partial charge in [-0.05, 0) is 91.3 Å². The maximum atomic E-state index is 12.7. The van der Waals surface area contributed by atoms with E-state index >= 15 is 0 Å². The van der Waals surface area contributed by atoms with Crippen LogP contribution in [0.2, 0.25) is 10.0 Å². The lowest BCUT2D eigenvalue weighted by molar-refractivity contribution is 0.0728. The summed E-state index contributed by atoms with van der Waals surface area (Å²) in [7, 11) is 0. The number of hydrogen-bond acceptors (Lipinski definition) is 6. The van der Waals surface area contributed by atoms with E-state index in [0.29, 0.717) is 34.2 Å². The van der Waals surface area contributed by atoms with E-state index in [0.717, 1.165) is 4.47 Å². The van der Waals surface area contributed by atoms with Crippen LogP contribution in [0.5, 0.6) is 11.5 Å². The number of esters is 1. The molecule has 2 N–H and O–H groups in total. The lowest BCUT2D eigenvalue weighted by atomic mass is 10.1. The van der Waals surface area contributed by atoms with E-state index in [4.69, 9.17) is 32.7 Å². The normalized spacial score (nSPS) is 10.7. The molecule has 0 atom stereocenters. The molecule has 4 aromatic carbocycles. The second-order valence-electron chi connectivity index (χ2n) is 8.39. The molecule has 8 nitrogen and oxygen atoms in total. The minimum Gasteiger partial charge on any atom is -0.490 e. The minimum atomic E-state index is -0.526. The van der Waals surface area contributed by atoms with Gasteiger partial charge in [0, 0.05) is 20.7 Å². The summed E-state index contributed by atoms with van der Waals surface area (Å²) < 4.78 is 12.0. The molecule has 0 saturated heterocycles. The maximum absolute atomic E-state index is 12.7. The highest BCUT2D eigenvalue weighted by atomic mass is 79.9. The smallest absolute Gasteiger partial charge is 0.343 e. The lowest BCUT2D eigenvalue weighted by Crippen LogP contribution is -2.18. The zero-order valence-corrected chi connectivity index (χ0v) is 24.6. The molecular formula is C30H22BrCl2N3O5. The monoisotopic (exact) mass is 653 g/mol. The van der Waals surface area contributed by atoms with Crippen molar-refractivity contribution in [2.75, 3.05) is 11.9 Å². The molecule has 0 unspecified atom stereocenters. The summed E-state index contributed by atoms with van der Waals surface area (Å²) in [5.41, 5.74) is 4.35. The number of ether oxygens (including phenoxy) is 2. The Morgan fingerprint density at radius 2 is 1.66 bits per heavy atom. The van der Waals surface area contributed by atoms with E-state index in [1.807, 2.05) is 6.92 Å². The Bertz CT molecular complexity index is 1630. The maximum Gasteiger partial charge on any atom is 0.343 e. The molecular weight excluding hydrogens is 633 g/mol. The number of nitrogens with one attached hydrogen (secondary N) is 2. The Balaban J connectivity index is 1.40. The van der Waals surface area contributed by atoms with Crippen LogP contribution in [-0.2, 0) is 0 Å². The fourth-order valence-corrected chi connectivity index (χ4v) is 4.30. The molecule has 41 heavy (non-hydrogen) atoms. The van der Waals surface area contributed by atoms with Crippen LogP contribution >= 0.6 is 39.1 Å². The first-order valence-electron chi connectivity index (χ1n) is 12.2. The molecule has 0 spiro atoms. The average Bonchev–Trinajstić information content (AvgIpc) is 2.95. The van der Waals surface area contributed by atoms with Crippen LogP contribution in [0.4, 0.5) is 5.69 Å². The van der Waals surface area contributed by atoms with Crippen LogP contribution in [0.1, 0.15) is 43.6 Å². The number of benzene rings is 4. The first kappa shape index (κ1) is 29.8. The van der Waals surface area contributed by atoms with E-state index in [-0.39, 0.29) is 21.9 Å². The number of amides is 2. The lowest BCUT2D eigenvalue weighted by Gasteiger charge is -2.11. The number of hydrogen-bond donors (Lipinski definition) is 2. The summed E-state index contributed by atoms with van der Waals surface area (Å²) in [6, 6.07) is 22.6. The van der Waals surface area contributed by atoms with E-state index < -0.39 is 17.8 Å². The minimum absolute atomic E-state index is 0.210. The quantitative estimate of drug-likeness (QED) is 0.0847. The van der Waals surface area contributed by atoms with Gasteiger partial charge in [-0.15, -0.1) is 0 Å². The number of halogens is 3. The van der Waals surface area contributed by atoms with Gasteiger partial charge in [-0.1, -0.05) is 45.2 Å². The van der Waals surface area contributed by atoms with Crippen molar-refractivity contribution in [3.63, 3.8) is 0 Å². The molecule has 208 valence electrons. The van der Waals surface area contributed by atoms with E-state index in [2.05, 4.69) is 31.8 Å². The van der Waals surface area contributed by atoms with Gasteiger partial charge in [-0.2, -0.15) is 5.10 Å². The molecule has 2 amide bonds. The highest BCUT2D eigenvalue weighted by Crippen LogP contribution is 2.29. The van der Waals surface area contributed by atoms with Gasteiger partial charge in [-0.3, -0.25) is 9.59 Å². The fraction of sp³-hybridized carbons (Fsp3) is 0.0667. The van der Waals surface area contributed by atoms with Crippen LogP contribution < -0.4 is 20.2 Å². The van der Waals surface area contributed by atoms with Crippen molar-refractivity contribution < 1.29 is 23.9 Å². The Hall–Kier alpha value is -4.18. The van der Waals surface area contributed by atoms with Crippen LogP contribution in [0.25, 0.3) is 0 Å². The molecule has 0 aliphatic heterocycles. The highest BCUT2D eigenvalue weighted by Gasteiger charge is 2.14. The molecule has 4 rings (SSSR count). The molecule has 0 aliphatic rings. The van der Waals surface area contributed by atoms with Crippen molar-refractivity contribution in [3.05, 3.63) is 122 Å². The van der Waals surface area contributed by atoms with Crippen molar-refractivity contribution in [1.29, 1.82) is 0 Å². The van der Waals surface area contributed by atoms with Crippen LogP contribution in [0.15, 0.2) is 94.5 Å². The van der Waals surface area contributed by atoms with Gasteiger partial charge in [0.2, 0.25) is 0 Å². The van der Waals surface area contributed by atoms with Gasteiger partial charge in [0.15, 0.2) is 11.5 Å². The number of hydrazone groups is 1. The van der Waals surface area contributed by atoms with Crippen molar-refractivity contribution in [2.24, 2.45) is 5.10 Å². The fourth-order valence-electron chi connectivity index (χ4n) is 3.54. The Morgan fingerprint density at radius 3 is 2.39 bits per heavy atom. The van der Waals surface area contributed by atoms with Crippen molar-refractivity contribution in [2.45, 2.75) is 6.92 Å². The third-order valence-electron chi connectivity index (χ3n) is 5.49. The first-order chi connectivity index (χ1) is 19.7. The summed E-state index contributed by atoms with van der Waals surface area (Å²) in [5.74, 6) is -0.871. The number of carbonyl (C=O) groups is 3. The summed E-state index contributed by atoms with van der Waals surface area (Å²) in [5, 5.41) is 7.35. The van der Waals surface area contributed by atoms with Gasteiger partial charge < -0.3 is 14.8 Å². The molecule has 11 heteroatoms. The van der Waals surface area contributed by atoms with Crippen molar-refractivity contribution in [3.8, 4) is 11.5 Å². The van der Waals surface area contributed by atoms with Crippen LogP contribution in [0, 0.1) is 0 Å². The molecule has 0 heterocycles. The van der Waals surface area contributed by atoms with Gasteiger partial charge in [0.1, 0.15) is 0 Å². The van der Waals surface area contributed by atoms with E-state index in [1.54, 1.807) is 66.7 Å². The molecule has 0 bridgehead atoms. The van der Waals surface area contributed by atoms with Crippen LogP contribution in [-0.4, -0.2) is 30.6 Å². The average molecular weight is 655 g/mol. The standard InChI is InChI=1S/C30H22BrCl2N3O5/c1-2-40-27-14-18(6-13-26(27)41-30(39)19-7-9-21(31)10-8-19)17-34-36-28(37)20-4-3-5-23(15-20)35-29(38)24-12-11-22(32)16-25(24)33/h3-17H,2H2,1H3,(H,35,38)(H,36,37). The summed E-state index contributed by atoms with van der Waals surface area (Å²) in [6.07, 6.45) is 1.43. The predicted octanol–water partition coefficient (Wildman–Crippen LogP) is 7.39. The number of rotatable bonds is 9. The Kier molecular flexibility index (Phi) is 10.1. The van der Waals surface area contributed by atoms with Gasteiger partial charge in [0.05, 0.1) is 29.0 Å². The van der Waals surface area contributed by atoms with E-state index in [9.17, 15) is 14.4 Å². The summed E-state index contributed by atoms with van der Waals surface area (Å²) >= 11 is 15.3. The zero-order chi connectivity index (χ0) is 29.4. The summed E-state index contributed by atoms with van der Waals surface area (Å²) in [4.78, 5) is 37.8. The molecule has 0 aliphatic carbocycles. The predicted molar refractivity (Wildman–Crippen MR) is 163 cm³/mol. The Labute approximate surface area is 254 Å². The third-order valence-corrected chi connectivity index (χ3v) is 6.56.